The summed E-state index contributed by atoms with van der Waals surface area (Å²) in [5, 5.41) is 0.277. The average molecular weight is 260 g/mol. The largest absolute Gasteiger partial charge is 0.462 e. The van der Waals surface area contributed by atoms with E-state index in [0.29, 0.717) is 30.5 Å². The van der Waals surface area contributed by atoms with Gasteiger partial charge in [0.2, 0.25) is 0 Å². The Hall–Kier alpha value is -1.29. The van der Waals surface area contributed by atoms with Gasteiger partial charge < -0.3 is 10.5 Å². The smallest absolute Gasteiger partial charge is 0.339 e. The predicted octanol–water partition coefficient (Wildman–Crippen LogP) is 3.22. The molecule has 94 valence electrons. The van der Waals surface area contributed by atoms with Gasteiger partial charge in [-0.25, -0.2) is 4.79 Å². The van der Waals surface area contributed by atoms with Crippen molar-refractivity contribution >= 4 is 23.3 Å². The van der Waals surface area contributed by atoms with Gasteiger partial charge in [-0.2, -0.15) is 0 Å². The molecule has 1 aromatic rings. The summed E-state index contributed by atoms with van der Waals surface area (Å²) in [4.78, 5) is 11.6. The molecule has 0 aliphatic carbocycles. The number of benzene rings is 1. The summed E-state index contributed by atoms with van der Waals surface area (Å²) in [6.45, 7) is -0.0583. The molecule has 0 aliphatic heterocycles. The van der Waals surface area contributed by atoms with Gasteiger partial charge in [-0.1, -0.05) is 11.6 Å². The Labute approximate surface area is 105 Å². The van der Waals surface area contributed by atoms with Gasteiger partial charge in [-0.3, -0.25) is 4.39 Å². The zero-order chi connectivity index (χ0) is 12.7. The van der Waals surface area contributed by atoms with Crippen LogP contribution in [0.1, 0.15) is 29.6 Å². The first-order valence-corrected chi connectivity index (χ1v) is 5.81. The SMILES string of the molecule is Nc1ccc(C(=O)OCCCCCF)c(Cl)c1. The molecule has 1 rings (SSSR count). The molecule has 1 aromatic carbocycles. The van der Waals surface area contributed by atoms with Gasteiger partial charge in [0, 0.05) is 5.69 Å². The number of nitrogen functional groups attached to an aromatic ring is 1. The lowest BCUT2D eigenvalue weighted by molar-refractivity contribution is 0.0498. The lowest BCUT2D eigenvalue weighted by atomic mass is 10.2. The molecular formula is C12H15ClFNO2. The third-order valence-corrected chi connectivity index (χ3v) is 2.54. The number of nitrogens with two attached hydrogens (primary N) is 1. The normalized spacial score (nSPS) is 10.2. The first-order valence-electron chi connectivity index (χ1n) is 5.43. The molecule has 0 spiro atoms. The number of hydrogen-bond donors (Lipinski definition) is 1. The van der Waals surface area contributed by atoms with E-state index in [0.717, 1.165) is 0 Å². The van der Waals surface area contributed by atoms with Crippen molar-refractivity contribution in [2.75, 3.05) is 19.0 Å². The summed E-state index contributed by atoms with van der Waals surface area (Å²) >= 11 is 5.86. The fourth-order valence-corrected chi connectivity index (χ4v) is 1.58. The van der Waals surface area contributed by atoms with Crippen molar-refractivity contribution in [2.45, 2.75) is 19.3 Å². The number of anilines is 1. The lowest BCUT2D eigenvalue weighted by Gasteiger charge is -2.06. The summed E-state index contributed by atoms with van der Waals surface area (Å²) in [7, 11) is 0. The number of carbonyl (C=O) groups is 1. The molecule has 0 fully saturated rings. The van der Waals surface area contributed by atoms with E-state index < -0.39 is 5.97 Å². The molecule has 0 atom stereocenters. The number of halogens is 2. The number of carbonyl (C=O) groups excluding carboxylic acids is 1. The van der Waals surface area contributed by atoms with Crippen LogP contribution in [0.25, 0.3) is 0 Å². The molecule has 0 saturated heterocycles. The molecule has 0 aliphatic rings. The fourth-order valence-electron chi connectivity index (χ4n) is 1.31. The molecule has 0 heterocycles. The van der Waals surface area contributed by atoms with Crippen molar-refractivity contribution < 1.29 is 13.9 Å². The third kappa shape index (κ3) is 4.61. The second kappa shape index (κ2) is 7.12. The maximum atomic E-state index is 11.8. The molecule has 5 heteroatoms. The Kier molecular flexibility index (Phi) is 5.77. The summed E-state index contributed by atoms with van der Waals surface area (Å²) < 4.78 is 16.8. The van der Waals surface area contributed by atoms with Crippen molar-refractivity contribution in [3.63, 3.8) is 0 Å². The topological polar surface area (TPSA) is 52.3 Å². The zero-order valence-electron chi connectivity index (χ0n) is 9.42. The van der Waals surface area contributed by atoms with Crippen molar-refractivity contribution in [2.24, 2.45) is 0 Å². The van der Waals surface area contributed by atoms with Gasteiger partial charge in [0.15, 0.2) is 0 Å². The van der Waals surface area contributed by atoms with Crippen LogP contribution in [-0.2, 0) is 4.74 Å². The van der Waals surface area contributed by atoms with Gasteiger partial charge in [0.25, 0.3) is 0 Å². The molecule has 0 saturated carbocycles. The zero-order valence-corrected chi connectivity index (χ0v) is 10.2. The molecule has 3 nitrogen and oxygen atoms in total. The Morgan fingerprint density at radius 3 is 2.76 bits per heavy atom. The molecule has 0 amide bonds. The van der Waals surface area contributed by atoms with E-state index in [1.54, 1.807) is 6.07 Å². The third-order valence-electron chi connectivity index (χ3n) is 2.22. The summed E-state index contributed by atoms with van der Waals surface area (Å²) in [5.74, 6) is -0.477. The van der Waals surface area contributed by atoms with Gasteiger partial charge in [-0.15, -0.1) is 0 Å². The highest BCUT2D eigenvalue weighted by molar-refractivity contribution is 6.33. The Bertz CT molecular complexity index is 385. The summed E-state index contributed by atoms with van der Waals surface area (Å²) in [6.07, 6.45) is 1.86. The van der Waals surface area contributed by atoms with Crippen molar-refractivity contribution in [1.29, 1.82) is 0 Å². The van der Waals surface area contributed by atoms with Crippen LogP contribution in [0.15, 0.2) is 18.2 Å². The van der Waals surface area contributed by atoms with Crippen LogP contribution in [0.5, 0.6) is 0 Å². The number of esters is 1. The first-order chi connectivity index (χ1) is 8.15. The first kappa shape index (κ1) is 13.8. The van der Waals surface area contributed by atoms with Gasteiger partial charge in [-0.05, 0) is 37.5 Å². The number of hydrogen-bond acceptors (Lipinski definition) is 3. The van der Waals surface area contributed by atoms with Crippen LogP contribution in [0.4, 0.5) is 10.1 Å². The van der Waals surface area contributed by atoms with E-state index in [2.05, 4.69) is 0 Å². The second-order valence-corrected chi connectivity index (χ2v) is 4.03. The molecule has 0 aromatic heterocycles. The van der Waals surface area contributed by atoms with Crippen LogP contribution in [0.3, 0.4) is 0 Å². The molecule has 0 bridgehead atoms. The molecular weight excluding hydrogens is 245 g/mol. The highest BCUT2D eigenvalue weighted by Gasteiger charge is 2.11. The van der Waals surface area contributed by atoms with E-state index in [1.807, 2.05) is 0 Å². The molecule has 0 radical (unpaired) electrons. The number of unbranched alkanes of at least 4 members (excludes halogenated alkanes) is 2. The minimum Gasteiger partial charge on any atom is -0.462 e. The van der Waals surface area contributed by atoms with E-state index in [1.165, 1.54) is 12.1 Å². The monoisotopic (exact) mass is 259 g/mol. The van der Waals surface area contributed by atoms with Crippen molar-refractivity contribution in [3.05, 3.63) is 28.8 Å². The van der Waals surface area contributed by atoms with Gasteiger partial charge in [0.05, 0.1) is 23.9 Å². The van der Waals surface area contributed by atoms with E-state index in [4.69, 9.17) is 22.1 Å². The molecule has 0 unspecified atom stereocenters. The summed E-state index contributed by atoms with van der Waals surface area (Å²) in [5.41, 5.74) is 6.30. The highest BCUT2D eigenvalue weighted by Crippen LogP contribution is 2.20. The quantitative estimate of drug-likeness (QED) is 0.485. The van der Waals surface area contributed by atoms with E-state index in [9.17, 15) is 9.18 Å². The van der Waals surface area contributed by atoms with Gasteiger partial charge >= 0.3 is 5.97 Å². The van der Waals surface area contributed by atoms with Crippen LogP contribution in [0, 0.1) is 0 Å². The minimum absolute atomic E-state index is 0.277. The highest BCUT2D eigenvalue weighted by atomic mass is 35.5. The number of rotatable bonds is 6. The second-order valence-electron chi connectivity index (χ2n) is 3.62. The standard InChI is InChI=1S/C12H15ClFNO2/c13-11-8-9(15)4-5-10(11)12(16)17-7-3-1-2-6-14/h4-5,8H,1-3,6-7,15H2. The van der Waals surface area contributed by atoms with Crippen molar-refractivity contribution in [1.82, 2.24) is 0 Å². The fraction of sp³-hybridized carbons (Fsp3) is 0.417. The summed E-state index contributed by atoms with van der Waals surface area (Å²) in [6, 6.07) is 4.62. The van der Waals surface area contributed by atoms with Crippen LogP contribution in [-0.4, -0.2) is 19.3 Å². The average Bonchev–Trinajstić information content (AvgIpc) is 2.28. The Balaban J connectivity index is 2.42. The minimum atomic E-state index is -0.477. The van der Waals surface area contributed by atoms with Crippen LogP contribution in [0.2, 0.25) is 5.02 Å². The maximum absolute atomic E-state index is 11.8. The number of ether oxygens (including phenoxy) is 1. The Morgan fingerprint density at radius 2 is 2.12 bits per heavy atom. The molecule has 2 N–H and O–H groups in total. The van der Waals surface area contributed by atoms with Gasteiger partial charge in [0.1, 0.15) is 0 Å². The number of alkyl halides is 1. The van der Waals surface area contributed by atoms with Crippen LogP contribution >= 0.6 is 11.6 Å². The predicted molar refractivity (Wildman–Crippen MR) is 66.0 cm³/mol. The van der Waals surface area contributed by atoms with Crippen molar-refractivity contribution in [3.8, 4) is 0 Å². The lowest BCUT2D eigenvalue weighted by Crippen LogP contribution is -2.07. The van der Waals surface area contributed by atoms with E-state index in [-0.39, 0.29) is 18.3 Å². The Morgan fingerprint density at radius 1 is 1.35 bits per heavy atom. The van der Waals surface area contributed by atoms with E-state index >= 15 is 0 Å². The molecule has 17 heavy (non-hydrogen) atoms. The maximum Gasteiger partial charge on any atom is 0.339 e. The van der Waals surface area contributed by atoms with Crippen LogP contribution < -0.4 is 5.73 Å².